The Morgan fingerprint density at radius 2 is 1.42 bits per heavy atom. The summed E-state index contributed by atoms with van der Waals surface area (Å²) in [5.41, 5.74) is 0.0354. The van der Waals surface area contributed by atoms with Crippen molar-refractivity contribution in [1.29, 1.82) is 0 Å². The zero-order valence-electron chi connectivity index (χ0n) is 15.6. The van der Waals surface area contributed by atoms with Gasteiger partial charge in [-0.15, -0.1) is 0 Å². The molecule has 142 valence electrons. The minimum atomic E-state index is -1.05. The monoisotopic (exact) mass is 363 g/mol. The van der Waals surface area contributed by atoms with E-state index in [9.17, 15) is 14.4 Å². The van der Waals surface area contributed by atoms with Crippen LogP contribution in [0, 0.1) is 11.8 Å². The van der Waals surface area contributed by atoms with Gasteiger partial charge in [-0.25, -0.2) is 0 Å². The van der Waals surface area contributed by atoms with Crippen LogP contribution in [0.3, 0.4) is 0 Å². The van der Waals surface area contributed by atoms with E-state index < -0.39 is 47.4 Å². The van der Waals surface area contributed by atoms with Gasteiger partial charge in [-0.3, -0.25) is 19.7 Å². The molecule has 1 heterocycles. The highest BCUT2D eigenvalue weighted by Crippen LogP contribution is 2.39. The van der Waals surface area contributed by atoms with Crippen LogP contribution in [0.4, 0.5) is 0 Å². The maximum Gasteiger partial charge on any atom is 0.324 e. The summed E-state index contributed by atoms with van der Waals surface area (Å²) in [7, 11) is 2.47. The summed E-state index contributed by atoms with van der Waals surface area (Å²) < 4.78 is 15.2. The van der Waals surface area contributed by atoms with Gasteiger partial charge in [-0.2, -0.15) is 0 Å². The molecule has 1 aliphatic heterocycles. The van der Waals surface area contributed by atoms with Crippen molar-refractivity contribution in [2.45, 2.75) is 38.5 Å². The molecule has 1 fully saturated rings. The first-order valence-corrected chi connectivity index (χ1v) is 8.39. The molecule has 4 unspecified atom stereocenters. The topological polar surface area (TPSA) is 90.9 Å². The average Bonchev–Trinajstić information content (AvgIpc) is 3.00. The highest BCUT2D eigenvalue weighted by atomic mass is 16.6. The van der Waals surface area contributed by atoms with E-state index in [0.717, 1.165) is 5.56 Å². The summed E-state index contributed by atoms with van der Waals surface area (Å²) in [6.07, 6.45) is 0. The molecule has 7 nitrogen and oxygen atoms in total. The summed E-state index contributed by atoms with van der Waals surface area (Å²) in [5.74, 6) is -3.82. The number of hydrogen-bond donors (Lipinski definition) is 1. The van der Waals surface area contributed by atoms with Gasteiger partial charge < -0.3 is 14.2 Å². The summed E-state index contributed by atoms with van der Waals surface area (Å²) in [5, 5.41) is 3.08. The third kappa shape index (κ3) is 4.22. The fraction of sp³-hybridized carbons (Fsp3) is 0.526. The van der Waals surface area contributed by atoms with Gasteiger partial charge in [0.15, 0.2) is 0 Å². The molecule has 1 N–H and O–H groups in total. The van der Waals surface area contributed by atoms with E-state index in [4.69, 9.17) is 14.2 Å². The lowest BCUT2D eigenvalue weighted by molar-refractivity contribution is -0.165. The standard InChI is InChI=1S/C19H25NO6/c1-19(2,3)26-18(23)15-13(17(22)25-5)12(16(21)24-4)14(20-15)11-9-7-6-8-10-11/h6-10,12-15,20H,1-5H3. The lowest BCUT2D eigenvalue weighted by Gasteiger charge is -2.24. The normalized spacial score (nSPS) is 25.4. The predicted molar refractivity (Wildman–Crippen MR) is 93.0 cm³/mol. The smallest absolute Gasteiger partial charge is 0.324 e. The second-order valence-electron chi connectivity index (χ2n) is 7.16. The van der Waals surface area contributed by atoms with Gasteiger partial charge >= 0.3 is 17.9 Å². The van der Waals surface area contributed by atoms with E-state index in [1.807, 2.05) is 30.3 Å². The van der Waals surface area contributed by atoms with Crippen molar-refractivity contribution in [3.63, 3.8) is 0 Å². The van der Waals surface area contributed by atoms with Crippen molar-refractivity contribution in [1.82, 2.24) is 5.32 Å². The first-order chi connectivity index (χ1) is 12.2. The lowest BCUT2D eigenvalue weighted by atomic mass is 9.84. The molecule has 4 atom stereocenters. The second-order valence-corrected chi connectivity index (χ2v) is 7.16. The van der Waals surface area contributed by atoms with Crippen LogP contribution in [0.2, 0.25) is 0 Å². The van der Waals surface area contributed by atoms with Gasteiger partial charge in [0.25, 0.3) is 0 Å². The summed E-state index contributed by atoms with van der Waals surface area (Å²) in [6.45, 7) is 5.21. The number of methoxy groups -OCH3 is 2. The molecule has 1 saturated heterocycles. The number of carbonyl (C=O) groups is 3. The van der Waals surface area contributed by atoms with E-state index in [-0.39, 0.29) is 0 Å². The van der Waals surface area contributed by atoms with Crippen molar-refractivity contribution in [2.24, 2.45) is 11.8 Å². The number of nitrogens with one attached hydrogen (secondary N) is 1. The van der Waals surface area contributed by atoms with Gasteiger partial charge in [0.05, 0.1) is 26.1 Å². The highest BCUT2D eigenvalue weighted by molar-refractivity contribution is 5.91. The van der Waals surface area contributed by atoms with E-state index in [2.05, 4.69) is 5.32 Å². The van der Waals surface area contributed by atoms with E-state index in [0.29, 0.717) is 0 Å². The molecule has 1 aliphatic rings. The fourth-order valence-corrected chi connectivity index (χ4v) is 3.20. The van der Waals surface area contributed by atoms with Crippen molar-refractivity contribution in [3.05, 3.63) is 35.9 Å². The third-order valence-corrected chi connectivity index (χ3v) is 4.23. The van der Waals surface area contributed by atoms with E-state index in [1.54, 1.807) is 20.8 Å². The molecule has 0 spiro atoms. The number of ether oxygens (including phenoxy) is 3. The SMILES string of the molecule is COC(=O)C1C(C(=O)OC(C)(C)C)NC(c2ccccc2)C1C(=O)OC. The molecule has 0 aliphatic carbocycles. The zero-order valence-corrected chi connectivity index (χ0v) is 15.6. The van der Waals surface area contributed by atoms with Gasteiger partial charge in [-0.05, 0) is 26.3 Å². The zero-order chi connectivity index (χ0) is 19.5. The summed E-state index contributed by atoms with van der Waals surface area (Å²) in [6, 6.07) is 7.52. The Morgan fingerprint density at radius 3 is 1.92 bits per heavy atom. The lowest BCUT2D eigenvalue weighted by Crippen LogP contribution is -2.44. The van der Waals surface area contributed by atoms with Gasteiger partial charge in [-0.1, -0.05) is 30.3 Å². The maximum atomic E-state index is 12.7. The number of carbonyl (C=O) groups excluding carboxylic acids is 3. The Labute approximate surface area is 153 Å². The first kappa shape index (κ1) is 19.9. The number of esters is 3. The molecule has 7 heteroatoms. The van der Waals surface area contributed by atoms with Crippen molar-refractivity contribution in [3.8, 4) is 0 Å². The second kappa shape index (κ2) is 7.86. The molecule has 0 radical (unpaired) electrons. The van der Waals surface area contributed by atoms with E-state index >= 15 is 0 Å². The Balaban J connectivity index is 2.46. The number of hydrogen-bond acceptors (Lipinski definition) is 7. The molecule has 0 saturated carbocycles. The molecule has 2 rings (SSSR count). The van der Waals surface area contributed by atoms with Crippen LogP contribution in [0.15, 0.2) is 30.3 Å². The van der Waals surface area contributed by atoms with Crippen LogP contribution in [0.1, 0.15) is 32.4 Å². The van der Waals surface area contributed by atoms with Crippen LogP contribution in [-0.2, 0) is 28.6 Å². The Morgan fingerprint density at radius 1 is 0.885 bits per heavy atom. The van der Waals surface area contributed by atoms with Crippen LogP contribution in [-0.4, -0.2) is 43.8 Å². The molecule has 0 bridgehead atoms. The minimum absolute atomic E-state index is 0.578. The average molecular weight is 363 g/mol. The van der Waals surface area contributed by atoms with Crippen molar-refractivity contribution in [2.75, 3.05) is 14.2 Å². The highest BCUT2D eigenvalue weighted by Gasteiger charge is 2.55. The molecule has 26 heavy (non-hydrogen) atoms. The Hall–Kier alpha value is -2.41. The predicted octanol–water partition coefficient (Wildman–Crippen LogP) is 1.62. The van der Waals surface area contributed by atoms with Crippen molar-refractivity contribution >= 4 is 17.9 Å². The summed E-state index contributed by atoms with van der Waals surface area (Å²) >= 11 is 0. The molecular formula is C19H25NO6. The molecule has 1 aromatic rings. The minimum Gasteiger partial charge on any atom is -0.469 e. The Bertz CT molecular complexity index is 666. The maximum absolute atomic E-state index is 12.7. The Kier molecular flexibility index (Phi) is 6.02. The number of benzene rings is 1. The van der Waals surface area contributed by atoms with Crippen LogP contribution < -0.4 is 5.32 Å². The van der Waals surface area contributed by atoms with Gasteiger partial charge in [0.2, 0.25) is 0 Å². The summed E-state index contributed by atoms with van der Waals surface area (Å²) in [4.78, 5) is 37.6. The fourth-order valence-electron chi connectivity index (χ4n) is 3.20. The quantitative estimate of drug-likeness (QED) is 0.642. The third-order valence-electron chi connectivity index (χ3n) is 4.23. The largest absolute Gasteiger partial charge is 0.469 e. The van der Waals surface area contributed by atoms with Crippen LogP contribution in [0.25, 0.3) is 0 Å². The van der Waals surface area contributed by atoms with Crippen molar-refractivity contribution < 1.29 is 28.6 Å². The molecule has 0 amide bonds. The molecular weight excluding hydrogens is 338 g/mol. The van der Waals surface area contributed by atoms with Crippen LogP contribution >= 0.6 is 0 Å². The van der Waals surface area contributed by atoms with Gasteiger partial charge in [0.1, 0.15) is 11.6 Å². The van der Waals surface area contributed by atoms with E-state index in [1.165, 1.54) is 14.2 Å². The first-order valence-electron chi connectivity index (χ1n) is 8.39. The molecule has 1 aromatic carbocycles. The molecule has 0 aromatic heterocycles. The van der Waals surface area contributed by atoms with Crippen LogP contribution in [0.5, 0.6) is 0 Å². The van der Waals surface area contributed by atoms with Gasteiger partial charge in [0, 0.05) is 6.04 Å². The number of rotatable bonds is 4.